The van der Waals surface area contributed by atoms with E-state index in [1.165, 1.54) is 32.1 Å². The molecule has 7 heteroatoms. The normalized spacial score (nSPS) is 10.9. The van der Waals surface area contributed by atoms with Gasteiger partial charge < -0.3 is 14.8 Å². The maximum Gasteiger partial charge on any atom is 0.209 e. The van der Waals surface area contributed by atoms with Crippen molar-refractivity contribution < 1.29 is 9.47 Å². The number of aliphatic imine (C=N–C) groups is 1. The third-order valence-electron chi connectivity index (χ3n) is 4.75. The van der Waals surface area contributed by atoms with Crippen molar-refractivity contribution in [2.75, 3.05) is 25.6 Å². The van der Waals surface area contributed by atoms with E-state index < -0.39 is 0 Å². The largest absolute Gasteiger partial charge is 0.497 e. The van der Waals surface area contributed by atoms with Gasteiger partial charge >= 0.3 is 0 Å². The molecule has 0 spiro atoms. The molecule has 7 nitrogen and oxygen atoms in total. The molecule has 0 atom stereocenters. The van der Waals surface area contributed by atoms with Crippen LogP contribution in [0.1, 0.15) is 51.4 Å². The molecule has 1 heterocycles. The second kappa shape index (κ2) is 15.6. The van der Waals surface area contributed by atoms with E-state index in [2.05, 4.69) is 20.6 Å². The number of benzene rings is 1. The molecule has 0 saturated heterocycles. The number of nitriles is 1. The van der Waals surface area contributed by atoms with Gasteiger partial charge in [0.25, 0.3) is 0 Å². The number of hydrogen-bond acceptors (Lipinski definition) is 5. The van der Waals surface area contributed by atoms with Crippen molar-refractivity contribution in [2.45, 2.75) is 51.4 Å². The Hall–Kier alpha value is -3.27. The van der Waals surface area contributed by atoms with Crippen LogP contribution in [-0.2, 0) is 0 Å². The summed E-state index contributed by atoms with van der Waals surface area (Å²) in [4.78, 5) is 8.47. The molecule has 1 aromatic heterocycles. The highest BCUT2D eigenvalue weighted by molar-refractivity contribution is 5.94. The molecule has 0 radical (unpaired) electrons. The van der Waals surface area contributed by atoms with E-state index in [0.717, 1.165) is 43.1 Å². The maximum atomic E-state index is 8.86. The van der Waals surface area contributed by atoms with E-state index in [-0.39, 0.29) is 0 Å². The van der Waals surface area contributed by atoms with Crippen molar-refractivity contribution in [1.82, 2.24) is 10.3 Å². The molecule has 2 rings (SSSR count). The Bertz CT molecular complexity index is 788. The minimum atomic E-state index is 0.465. The third-order valence-corrected chi connectivity index (χ3v) is 4.75. The van der Waals surface area contributed by atoms with Crippen molar-refractivity contribution in [2.24, 2.45) is 4.99 Å². The van der Waals surface area contributed by atoms with Crippen LogP contribution in [0.25, 0.3) is 0 Å². The van der Waals surface area contributed by atoms with Gasteiger partial charge in [0.2, 0.25) is 5.96 Å². The van der Waals surface area contributed by atoms with Gasteiger partial charge in [-0.3, -0.25) is 15.3 Å². The molecule has 166 valence electrons. The molecule has 0 amide bonds. The summed E-state index contributed by atoms with van der Waals surface area (Å²) < 4.78 is 10.9. The van der Waals surface area contributed by atoms with E-state index in [4.69, 9.17) is 14.7 Å². The number of methoxy groups -OCH3 is 1. The summed E-state index contributed by atoms with van der Waals surface area (Å²) in [5.41, 5.74) is 0.804. The Morgan fingerprint density at radius 1 is 0.968 bits per heavy atom. The van der Waals surface area contributed by atoms with E-state index in [1.807, 2.05) is 42.6 Å². The minimum Gasteiger partial charge on any atom is -0.497 e. The fourth-order valence-corrected chi connectivity index (χ4v) is 3.06. The van der Waals surface area contributed by atoms with Gasteiger partial charge in [0.1, 0.15) is 11.5 Å². The number of aromatic nitrogens is 1. The lowest BCUT2D eigenvalue weighted by Gasteiger charge is -2.07. The summed E-state index contributed by atoms with van der Waals surface area (Å²) in [5.74, 6) is 2.21. The first kappa shape index (κ1) is 24.0. The predicted octanol–water partition coefficient (Wildman–Crippen LogP) is 5.13. The maximum absolute atomic E-state index is 8.86. The van der Waals surface area contributed by atoms with Crippen LogP contribution in [-0.4, -0.2) is 31.2 Å². The number of anilines is 1. The van der Waals surface area contributed by atoms with Crippen LogP contribution in [0.2, 0.25) is 0 Å². The minimum absolute atomic E-state index is 0.465. The van der Waals surface area contributed by atoms with Gasteiger partial charge in [-0.25, -0.2) is 0 Å². The van der Waals surface area contributed by atoms with Crippen LogP contribution in [0.5, 0.6) is 11.5 Å². The number of unbranched alkanes of at least 4 members (excludes halogenated alkanes) is 7. The molecule has 2 aromatic rings. The monoisotopic (exact) mass is 423 g/mol. The zero-order valence-electron chi connectivity index (χ0n) is 18.3. The Kier molecular flexibility index (Phi) is 12.0. The standard InChI is InChI=1S/C24H33N5O2/c1-30-22-12-14-23(15-13-22)31-18-9-7-5-3-2-4-6-8-17-27-24(28-20-25)29-21-11-10-16-26-19-21/h10-16,19H,2-9,17-18H2,1H3,(H2,27,28,29). The lowest BCUT2D eigenvalue weighted by molar-refractivity contribution is 0.303. The average Bonchev–Trinajstić information content (AvgIpc) is 2.81. The Morgan fingerprint density at radius 2 is 1.65 bits per heavy atom. The fourth-order valence-electron chi connectivity index (χ4n) is 3.06. The smallest absolute Gasteiger partial charge is 0.209 e. The number of ether oxygens (including phenoxy) is 2. The molecular weight excluding hydrogens is 390 g/mol. The lowest BCUT2D eigenvalue weighted by Crippen LogP contribution is -2.27. The average molecular weight is 424 g/mol. The van der Waals surface area contributed by atoms with Gasteiger partial charge in [0.05, 0.1) is 25.6 Å². The Labute approximate surface area is 185 Å². The number of nitrogens with one attached hydrogen (secondary N) is 2. The van der Waals surface area contributed by atoms with E-state index in [1.54, 1.807) is 19.5 Å². The molecule has 0 bridgehead atoms. The van der Waals surface area contributed by atoms with Gasteiger partial charge in [-0.1, -0.05) is 38.5 Å². The summed E-state index contributed by atoms with van der Waals surface area (Å²) in [6.07, 6.45) is 14.7. The summed E-state index contributed by atoms with van der Waals surface area (Å²) in [6.45, 7) is 1.45. The number of hydrogen-bond donors (Lipinski definition) is 2. The third kappa shape index (κ3) is 10.9. The van der Waals surface area contributed by atoms with Gasteiger partial charge in [0, 0.05) is 12.7 Å². The van der Waals surface area contributed by atoms with Gasteiger partial charge in [0.15, 0.2) is 6.19 Å². The second-order valence-corrected chi connectivity index (χ2v) is 7.19. The van der Waals surface area contributed by atoms with Crippen molar-refractivity contribution in [3.8, 4) is 17.7 Å². The van der Waals surface area contributed by atoms with Crippen molar-refractivity contribution in [3.63, 3.8) is 0 Å². The van der Waals surface area contributed by atoms with Gasteiger partial charge in [-0.2, -0.15) is 5.26 Å². The van der Waals surface area contributed by atoms with Gasteiger partial charge in [-0.05, 0) is 49.2 Å². The summed E-state index contributed by atoms with van der Waals surface area (Å²) in [7, 11) is 1.66. The molecule has 0 saturated carbocycles. The van der Waals surface area contributed by atoms with Crippen LogP contribution in [0.3, 0.4) is 0 Å². The van der Waals surface area contributed by atoms with Crippen LogP contribution < -0.4 is 20.1 Å². The first-order valence-electron chi connectivity index (χ1n) is 11.0. The number of guanidine groups is 1. The highest BCUT2D eigenvalue weighted by Gasteiger charge is 1.99. The van der Waals surface area contributed by atoms with Crippen LogP contribution >= 0.6 is 0 Å². The van der Waals surface area contributed by atoms with Crippen molar-refractivity contribution >= 4 is 11.6 Å². The van der Waals surface area contributed by atoms with Crippen LogP contribution in [0.4, 0.5) is 5.69 Å². The highest BCUT2D eigenvalue weighted by Crippen LogP contribution is 2.17. The lowest BCUT2D eigenvalue weighted by atomic mass is 10.1. The van der Waals surface area contributed by atoms with Crippen LogP contribution in [0, 0.1) is 11.5 Å². The Morgan fingerprint density at radius 3 is 2.29 bits per heavy atom. The molecule has 0 aliphatic heterocycles. The molecule has 1 aromatic carbocycles. The molecule has 0 aliphatic rings. The van der Waals surface area contributed by atoms with Crippen LogP contribution in [0.15, 0.2) is 53.8 Å². The first-order valence-corrected chi connectivity index (χ1v) is 11.0. The van der Waals surface area contributed by atoms with E-state index >= 15 is 0 Å². The predicted molar refractivity (Wildman–Crippen MR) is 124 cm³/mol. The number of rotatable bonds is 14. The van der Waals surface area contributed by atoms with E-state index in [0.29, 0.717) is 12.5 Å². The quantitative estimate of drug-likeness (QED) is 0.144. The Balaban J connectivity index is 1.44. The first-order chi connectivity index (χ1) is 15.3. The molecule has 0 fully saturated rings. The molecule has 0 aliphatic carbocycles. The van der Waals surface area contributed by atoms with E-state index in [9.17, 15) is 0 Å². The van der Waals surface area contributed by atoms with Crippen molar-refractivity contribution in [1.29, 1.82) is 5.26 Å². The van der Waals surface area contributed by atoms with Gasteiger partial charge in [-0.15, -0.1) is 0 Å². The zero-order valence-corrected chi connectivity index (χ0v) is 18.3. The summed E-state index contributed by atoms with van der Waals surface area (Å²) in [6, 6.07) is 11.4. The number of pyridine rings is 1. The SMILES string of the molecule is COc1ccc(OCCCCCCCCCCN=C(NC#N)Nc2cccnc2)cc1. The van der Waals surface area contributed by atoms with Crippen molar-refractivity contribution in [3.05, 3.63) is 48.8 Å². The second-order valence-electron chi connectivity index (χ2n) is 7.19. The number of nitrogens with zero attached hydrogens (tertiary/aromatic N) is 3. The fraction of sp³-hybridized carbons (Fsp3) is 0.458. The summed E-state index contributed by atoms with van der Waals surface area (Å²) in [5, 5.41) is 14.5. The zero-order chi connectivity index (χ0) is 22.0. The highest BCUT2D eigenvalue weighted by atomic mass is 16.5. The topological polar surface area (TPSA) is 91.6 Å². The molecule has 0 unspecified atom stereocenters. The summed E-state index contributed by atoms with van der Waals surface area (Å²) >= 11 is 0. The molecule has 31 heavy (non-hydrogen) atoms. The molecular formula is C24H33N5O2. The molecule has 2 N–H and O–H groups in total.